The Kier molecular flexibility index (Phi) is 5.21. The molecule has 1 aromatic heterocycles. The van der Waals surface area contributed by atoms with Gasteiger partial charge in [0.1, 0.15) is 5.75 Å². The average Bonchev–Trinajstić information content (AvgIpc) is 3.22. The first-order chi connectivity index (χ1) is 13.1. The second-order valence-corrected chi connectivity index (χ2v) is 5.50. The topological polar surface area (TPSA) is 87.9 Å². The first kappa shape index (κ1) is 18.2. The molecule has 0 amide bonds. The second-order valence-electron chi connectivity index (χ2n) is 5.50. The highest BCUT2D eigenvalue weighted by atomic mass is 16.5. The summed E-state index contributed by atoms with van der Waals surface area (Å²) in [6.45, 7) is 0. The van der Waals surface area contributed by atoms with Gasteiger partial charge in [0.15, 0.2) is 5.76 Å². The van der Waals surface area contributed by atoms with Gasteiger partial charge >= 0.3 is 11.9 Å². The van der Waals surface area contributed by atoms with Crippen LogP contribution in [0.1, 0.15) is 20.7 Å². The van der Waals surface area contributed by atoms with Gasteiger partial charge in [-0.1, -0.05) is 0 Å². The van der Waals surface area contributed by atoms with E-state index in [-0.39, 0.29) is 11.1 Å². The molecule has 138 valence electrons. The SMILES string of the molecule is COC(=O)c1ccc(-c2ncc(-c3ccc(OC)cc3)o2)cc1C(=O)OC. The lowest BCUT2D eigenvalue weighted by molar-refractivity contribution is 0.0555. The monoisotopic (exact) mass is 367 g/mol. The van der Waals surface area contributed by atoms with Gasteiger partial charge in [-0.25, -0.2) is 14.6 Å². The molecule has 7 nitrogen and oxygen atoms in total. The normalized spacial score (nSPS) is 10.3. The fraction of sp³-hybridized carbons (Fsp3) is 0.150. The van der Waals surface area contributed by atoms with Gasteiger partial charge in [-0.3, -0.25) is 0 Å². The standard InChI is InChI=1S/C20H17NO6/c1-24-14-7-4-12(5-8-14)17-11-21-18(27-17)13-6-9-15(19(22)25-2)16(10-13)20(23)26-3/h4-11H,1-3H3. The molecule has 0 bridgehead atoms. The predicted octanol–water partition coefficient (Wildman–Crippen LogP) is 3.59. The lowest BCUT2D eigenvalue weighted by atomic mass is 10.0. The lowest BCUT2D eigenvalue weighted by Crippen LogP contribution is -2.11. The van der Waals surface area contributed by atoms with Gasteiger partial charge in [-0.15, -0.1) is 0 Å². The molecule has 2 aromatic carbocycles. The van der Waals surface area contributed by atoms with Gasteiger partial charge in [0.2, 0.25) is 5.89 Å². The number of ether oxygens (including phenoxy) is 3. The number of esters is 2. The van der Waals surface area contributed by atoms with Gasteiger partial charge in [-0.2, -0.15) is 0 Å². The summed E-state index contributed by atoms with van der Waals surface area (Å²) in [5, 5.41) is 0. The molecular formula is C20H17NO6. The van der Waals surface area contributed by atoms with E-state index in [1.165, 1.54) is 26.4 Å². The molecule has 7 heteroatoms. The van der Waals surface area contributed by atoms with E-state index in [9.17, 15) is 9.59 Å². The van der Waals surface area contributed by atoms with E-state index < -0.39 is 11.9 Å². The Morgan fingerprint density at radius 3 is 2.11 bits per heavy atom. The Hall–Kier alpha value is -3.61. The zero-order valence-electron chi connectivity index (χ0n) is 15.0. The largest absolute Gasteiger partial charge is 0.497 e. The third-order valence-corrected chi connectivity index (χ3v) is 3.96. The van der Waals surface area contributed by atoms with Crippen LogP contribution in [0.25, 0.3) is 22.8 Å². The molecule has 0 aliphatic heterocycles. The molecule has 0 unspecified atom stereocenters. The van der Waals surface area contributed by atoms with Gasteiger partial charge in [-0.05, 0) is 42.5 Å². The quantitative estimate of drug-likeness (QED) is 0.637. The maximum absolute atomic E-state index is 12.0. The first-order valence-corrected chi connectivity index (χ1v) is 7.98. The molecule has 0 N–H and O–H groups in total. The number of nitrogens with zero attached hydrogens (tertiary/aromatic N) is 1. The van der Waals surface area contributed by atoms with Crippen LogP contribution in [-0.4, -0.2) is 38.3 Å². The number of carbonyl (C=O) groups is 2. The van der Waals surface area contributed by atoms with Crippen molar-refractivity contribution in [2.75, 3.05) is 21.3 Å². The van der Waals surface area contributed by atoms with Crippen molar-refractivity contribution in [2.24, 2.45) is 0 Å². The summed E-state index contributed by atoms with van der Waals surface area (Å²) in [6, 6.07) is 11.9. The lowest BCUT2D eigenvalue weighted by Gasteiger charge is -2.07. The summed E-state index contributed by atoms with van der Waals surface area (Å²) in [4.78, 5) is 28.2. The number of hydrogen-bond acceptors (Lipinski definition) is 7. The van der Waals surface area contributed by atoms with Crippen molar-refractivity contribution < 1.29 is 28.2 Å². The summed E-state index contributed by atoms with van der Waals surface area (Å²) in [7, 11) is 4.08. The Morgan fingerprint density at radius 2 is 1.48 bits per heavy atom. The Bertz CT molecular complexity index is 974. The van der Waals surface area contributed by atoms with E-state index in [0.29, 0.717) is 17.2 Å². The van der Waals surface area contributed by atoms with Gasteiger partial charge in [0, 0.05) is 11.1 Å². The minimum absolute atomic E-state index is 0.0750. The third kappa shape index (κ3) is 3.67. The summed E-state index contributed by atoms with van der Waals surface area (Å²) in [6.07, 6.45) is 1.59. The van der Waals surface area contributed by atoms with E-state index in [1.54, 1.807) is 19.4 Å². The second kappa shape index (κ2) is 7.74. The molecule has 0 spiro atoms. The van der Waals surface area contributed by atoms with Crippen LogP contribution < -0.4 is 4.74 Å². The molecule has 3 aromatic rings. The molecule has 0 fully saturated rings. The minimum Gasteiger partial charge on any atom is -0.497 e. The smallest absolute Gasteiger partial charge is 0.338 e. The highest BCUT2D eigenvalue weighted by molar-refractivity contribution is 6.03. The predicted molar refractivity (Wildman–Crippen MR) is 96.6 cm³/mol. The van der Waals surface area contributed by atoms with Crippen LogP contribution in [0.4, 0.5) is 0 Å². The maximum atomic E-state index is 12.0. The van der Waals surface area contributed by atoms with Crippen molar-refractivity contribution in [1.82, 2.24) is 4.98 Å². The Balaban J connectivity index is 1.98. The Morgan fingerprint density at radius 1 is 0.852 bits per heavy atom. The maximum Gasteiger partial charge on any atom is 0.338 e. The molecular weight excluding hydrogens is 350 g/mol. The highest BCUT2D eigenvalue weighted by Crippen LogP contribution is 2.29. The number of methoxy groups -OCH3 is 3. The highest BCUT2D eigenvalue weighted by Gasteiger charge is 2.20. The minimum atomic E-state index is -0.654. The number of benzene rings is 2. The van der Waals surface area contributed by atoms with Crippen LogP contribution in [-0.2, 0) is 9.47 Å². The van der Waals surface area contributed by atoms with Crippen LogP contribution >= 0.6 is 0 Å². The molecule has 0 radical (unpaired) electrons. The van der Waals surface area contributed by atoms with Gasteiger partial charge in [0.25, 0.3) is 0 Å². The fourth-order valence-electron chi connectivity index (χ4n) is 2.54. The van der Waals surface area contributed by atoms with Crippen LogP contribution in [0, 0.1) is 0 Å². The fourth-order valence-corrected chi connectivity index (χ4v) is 2.54. The Labute approximate surface area is 155 Å². The third-order valence-electron chi connectivity index (χ3n) is 3.96. The summed E-state index contributed by atoms with van der Waals surface area (Å²) in [5.74, 6) is 0.318. The molecule has 1 heterocycles. The first-order valence-electron chi connectivity index (χ1n) is 7.98. The van der Waals surface area contributed by atoms with Crippen molar-refractivity contribution in [2.45, 2.75) is 0 Å². The van der Waals surface area contributed by atoms with E-state index in [2.05, 4.69) is 4.98 Å². The average molecular weight is 367 g/mol. The van der Waals surface area contributed by atoms with Crippen molar-refractivity contribution in [3.8, 4) is 28.5 Å². The van der Waals surface area contributed by atoms with Crippen molar-refractivity contribution in [3.05, 3.63) is 59.8 Å². The molecule has 0 saturated carbocycles. The van der Waals surface area contributed by atoms with Gasteiger partial charge in [0.05, 0.1) is 38.7 Å². The van der Waals surface area contributed by atoms with Crippen molar-refractivity contribution in [3.63, 3.8) is 0 Å². The number of carbonyl (C=O) groups excluding carboxylic acids is 2. The zero-order chi connectivity index (χ0) is 19.4. The summed E-state index contributed by atoms with van der Waals surface area (Å²) < 4.78 is 20.4. The van der Waals surface area contributed by atoms with Crippen LogP contribution in [0.5, 0.6) is 5.75 Å². The molecule has 0 saturated heterocycles. The molecule has 0 aliphatic rings. The number of rotatable bonds is 5. The summed E-state index contributed by atoms with van der Waals surface area (Å²) >= 11 is 0. The number of hydrogen-bond donors (Lipinski definition) is 0. The molecule has 27 heavy (non-hydrogen) atoms. The number of oxazole rings is 1. The number of aromatic nitrogens is 1. The van der Waals surface area contributed by atoms with Crippen molar-refractivity contribution >= 4 is 11.9 Å². The van der Waals surface area contributed by atoms with Crippen LogP contribution in [0.3, 0.4) is 0 Å². The van der Waals surface area contributed by atoms with Crippen molar-refractivity contribution in [1.29, 1.82) is 0 Å². The summed E-state index contributed by atoms with van der Waals surface area (Å²) in [5.41, 5.74) is 1.54. The molecule has 3 rings (SSSR count). The molecule has 0 atom stereocenters. The van der Waals surface area contributed by atoms with E-state index in [1.807, 2.05) is 24.3 Å². The van der Waals surface area contributed by atoms with Gasteiger partial charge < -0.3 is 18.6 Å². The van der Waals surface area contributed by atoms with Crippen LogP contribution in [0.15, 0.2) is 53.1 Å². The van der Waals surface area contributed by atoms with E-state index in [4.69, 9.17) is 18.6 Å². The van der Waals surface area contributed by atoms with Crippen LogP contribution in [0.2, 0.25) is 0 Å². The van der Waals surface area contributed by atoms with E-state index in [0.717, 1.165) is 11.3 Å². The van der Waals surface area contributed by atoms with E-state index >= 15 is 0 Å². The zero-order valence-corrected chi connectivity index (χ0v) is 15.0. The molecule has 0 aliphatic carbocycles.